The number of ether oxygens (including phenoxy) is 2. The Kier molecular flexibility index (Phi) is 6.52. The third-order valence-electron chi connectivity index (χ3n) is 3.52. The van der Waals surface area contributed by atoms with Gasteiger partial charge in [0.15, 0.2) is 0 Å². The van der Waals surface area contributed by atoms with Crippen molar-refractivity contribution in [2.45, 2.75) is 52.0 Å². The van der Waals surface area contributed by atoms with Crippen molar-refractivity contribution in [3.05, 3.63) is 54.6 Å². The molecule has 7 heteroatoms. The second-order valence-electron chi connectivity index (χ2n) is 6.93. The summed E-state index contributed by atoms with van der Waals surface area (Å²) in [4.78, 5) is 28.8. The molecule has 0 aliphatic rings. The van der Waals surface area contributed by atoms with Gasteiger partial charge >= 0.3 is 6.09 Å². The second kappa shape index (κ2) is 8.62. The SMILES string of the molecule is C[C@@H](OCc1ccccc1)[C@H](NC(=O)OC(C)(C)C)C(=O)n1ccnc1. The van der Waals surface area contributed by atoms with Gasteiger partial charge in [-0.25, -0.2) is 9.78 Å². The van der Waals surface area contributed by atoms with E-state index in [-0.39, 0.29) is 5.91 Å². The van der Waals surface area contributed by atoms with Gasteiger partial charge < -0.3 is 14.8 Å². The van der Waals surface area contributed by atoms with Gasteiger partial charge in [-0.05, 0) is 33.3 Å². The summed E-state index contributed by atoms with van der Waals surface area (Å²) < 4.78 is 12.4. The smallest absolute Gasteiger partial charge is 0.408 e. The number of nitrogens with zero attached hydrogens (tertiary/aromatic N) is 2. The number of carbonyl (C=O) groups excluding carboxylic acids is 2. The fourth-order valence-corrected chi connectivity index (χ4v) is 2.26. The Morgan fingerprint density at radius 2 is 1.92 bits per heavy atom. The van der Waals surface area contributed by atoms with Crippen molar-refractivity contribution in [2.75, 3.05) is 0 Å². The molecule has 0 radical (unpaired) electrons. The maximum absolute atomic E-state index is 12.7. The lowest BCUT2D eigenvalue weighted by Gasteiger charge is -2.26. The van der Waals surface area contributed by atoms with E-state index in [0.29, 0.717) is 6.61 Å². The molecule has 0 aliphatic carbocycles. The number of imidazole rings is 1. The number of aromatic nitrogens is 2. The lowest BCUT2D eigenvalue weighted by Crippen LogP contribution is -2.51. The van der Waals surface area contributed by atoms with E-state index in [1.54, 1.807) is 27.7 Å². The molecule has 1 heterocycles. The van der Waals surface area contributed by atoms with Gasteiger partial charge in [0.2, 0.25) is 0 Å². The predicted octanol–water partition coefficient (Wildman–Crippen LogP) is 3.02. The van der Waals surface area contributed by atoms with Gasteiger partial charge in [0.25, 0.3) is 5.91 Å². The van der Waals surface area contributed by atoms with Crippen molar-refractivity contribution in [1.29, 1.82) is 0 Å². The summed E-state index contributed by atoms with van der Waals surface area (Å²) >= 11 is 0. The Labute approximate surface area is 153 Å². The molecule has 7 nitrogen and oxygen atoms in total. The van der Waals surface area contributed by atoms with Crippen LogP contribution in [0.4, 0.5) is 4.79 Å². The third-order valence-corrected chi connectivity index (χ3v) is 3.52. The number of amides is 1. The van der Waals surface area contributed by atoms with Gasteiger partial charge in [-0.2, -0.15) is 0 Å². The largest absolute Gasteiger partial charge is 0.444 e. The molecule has 0 saturated carbocycles. The topological polar surface area (TPSA) is 82.5 Å². The average molecular weight is 359 g/mol. The molecular weight excluding hydrogens is 334 g/mol. The number of nitrogens with one attached hydrogen (secondary N) is 1. The third kappa shape index (κ3) is 6.00. The zero-order valence-corrected chi connectivity index (χ0v) is 15.5. The van der Waals surface area contributed by atoms with Gasteiger partial charge in [0.1, 0.15) is 18.0 Å². The number of hydrogen-bond acceptors (Lipinski definition) is 5. The molecule has 140 valence electrons. The fraction of sp³-hybridized carbons (Fsp3) is 0.421. The fourth-order valence-electron chi connectivity index (χ4n) is 2.26. The molecule has 0 spiro atoms. The molecule has 0 bridgehead atoms. The Hall–Kier alpha value is -2.67. The van der Waals surface area contributed by atoms with Crippen molar-refractivity contribution in [1.82, 2.24) is 14.9 Å². The maximum Gasteiger partial charge on any atom is 0.408 e. The van der Waals surface area contributed by atoms with Crippen LogP contribution in [0.5, 0.6) is 0 Å². The standard InChI is InChI=1S/C19H25N3O4/c1-14(25-12-15-8-6-5-7-9-15)16(17(23)22-11-10-20-13-22)21-18(24)26-19(2,3)4/h5-11,13-14,16H,12H2,1-4H3,(H,21,24)/t14-,16+/m1/s1. The van der Waals surface area contributed by atoms with E-state index in [9.17, 15) is 9.59 Å². The summed E-state index contributed by atoms with van der Waals surface area (Å²) in [5.41, 5.74) is 0.311. The van der Waals surface area contributed by atoms with Gasteiger partial charge in [-0.3, -0.25) is 9.36 Å². The van der Waals surface area contributed by atoms with Crippen LogP contribution in [0.15, 0.2) is 49.1 Å². The molecule has 1 N–H and O–H groups in total. The summed E-state index contributed by atoms with van der Waals surface area (Å²) in [5.74, 6) is -0.353. The number of carbonyl (C=O) groups is 2. The van der Waals surface area contributed by atoms with E-state index < -0.39 is 23.8 Å². The first-order valence-corrected chi connectivity index (χ1v) is 8.43. The zero-order chi connectivity index (χ0) is 19.2. The van der Waals surface area contributed by atoms with Crippen LogP contribution in [0.1, 0.15) is 38.1 Å². The summed E-state index contributed by atoms with van der Waals surface area (Å²) in [6.07, 6.45) is 3.16. The molecule has 1 aromatic carbocycles. The molecule has 0 aliphatic heterocycles. The minimum absolute atomic E-state index is 0.325. The average Bonchev–Trinajstić information content (AvgIpc) is 3.11. The van der Waals surface area contributed by atoms with Crippen LogP contribution in [-0.4, -0.2) is 39.3 Å². The highest BCUT2D eigenvalue weighted by atomic mass is 16.6. The number of rotatable bonds is 6. The summed E-state index contributed by atoms with van der Waals surface area (Å²) in [6, 6.07) is 8.69. The van der Waals surface area contributed by atoms with E-state index in [4.69, 9.17) is 9.47 Å². The molecule has 2 aromatic rings. The number of hydrogen-bond donors (Lipinski definition) is 1. The van der Waals surface area contributed by atoms with Crippen LogP contribution in [0, 0.1) is 0 Å². The van der Waals surface area contributed by atoms with E-state index >= 15 is 0 Å². The van der Waals surface area contributed by atoms with E-state index in [2.05, 4.69) is 10.3 Å². The first-order valence-electron chi connectivity index (χ1n) is 8.43. The molecule has 1 amide bonds. The maximum atomic E-state index is 12.7. The van der Waals surface area contributed by atoms with Gasteiger partial charge in [0.05, 0.1) is 12.7 Å². The first kappa shape index (κ1) is 19.7. The molecule has 1 aromatic heterocycles. The summed E-state index contributed by atoms with van der Waals surface area (Å²) in [5, 5.41) is 2.61. The monoisotopic (exact) mass is 359 g/mol. The zero-order valence-electron chi connectivity index (χ0n) is 15.5. The Morgan fingerprint density at radius 1 is 1.23 bits per heavy atom. The number of benzene rings is 1. The lowest BCUT2D eigenvalue weighted by molar-refractivity contribution is 0.0129. The van der Waals surface area contributed by atoms with Crippen LogP contribution >= 0.6 is 0 Å². The van der Waals surface area contributed by atoms with E-state index in [0.717, 1.165) is 5.56 Å². The molecule has 2 atom stereocenters. The second-order valence-corrected chi connectivity index (χ2v) is 6.93. The van der Waals surface area contributed by atoms with Crippen LogP contribution in [0.2, 0.25) is 0 Å². The van der Waals surface area contributed by atoms with Crippen LogP contribution in [0.3, 0.4) is 0 Å². The summed E-state index contributed by atoms with van der Waals surface area (Å²) in [6.45, 7) is 7.34. The minimum atomic E-state index is -0.914. The molecule has 0 unspecified atom stereocenters. The van der Waals surface area contributed by atoms with Crippen LogP contribution in [-0.2, 0) is 16.1 Å². The van der Waals surface area contributed by atoms with Crippen molar-refractivity contribution in [3.63, 3.8) is 0 Å². The summed E-state index contributed by atoms with van der Waals surface area (Å²) in [7, 11) is 0. The molecular formula is C19H25N3O4. The van der Waals surface area contributed by atoms with Crippen LogP contribution < -0.4 is 5.32 Å². The van der Waals surface area contributed by atoms with Gasteiger partial charge in [-0.1, -0.05) is 30.3 Å². The molecule has 26 heavy (non-hydrogen) atoms. The highest BCUT2D eigenvalue weighted by molar-refractivity contribution is 5.88. The van der Waals surface area contributed by atoms with Crippen LogP contribution in [0.25, 0.3) is 0 Å². The van der Waals surface area contributed by atoms with E-state index in [1.807, 2.05) is 30.3 Å². The Morgan fingerprint density at radius 3 is 2.50 bits per heavy atom. The molecule has 2 rings (SSSR count). The Bertz CT molecular complexity index is 708. The molecule has 0 saturated heterocycles. The van der Waals surface area contributed by atoms with Crippen molar-refractivity contribution in [2.24, 2.45) is 0 Å². The normalized spacial score (nSPS) is 13.7. The lowest BCUT2D eigenvalue weighted by atomic mass is 10.1. The first-order chi connectivity index (χ1) is 12.3. The minimum Gasteiger partial charge on any atom is -0.444 e. The number of alkyl carbamates (subject to hydrolysis) is 1. The highest BCUT2D eigenvalue weighted by Gasteiger charge is 2.30. The van der Waals surface area contributed by atoms with Crippen molar-refractivity contribution >= 4 is 12.0 Å². The quantitative estimate of drug-likeness (QED) is 0.857. The van der Waals surface area contributed by atoms with Crippen molar-refractivity contribution < 1.29 is 19.1 Å². The Balaban J connectivity index is 2.08. The van der Waals surface area contributed by atoms with E-state index in [1.165, 1.54) is 23.3 Å². The van der Waals surface area contributed by atoms with Crippen molar-refractivity contribution in [3.8, 4) is 0 Å². The predicted molar refractivity (Wildman–Crippen MR) is 96.7 cm³/mol. The highest BCUT2D eigenvalue weighted by Crippen LogP contribution is 2.11. The van der Waals surface area contributed by atoms with Gasteiger partial charge in [-0.15, -0.1) is 0 Å². The van der Waals surface area contributed by atoms with Gasteiger partial charge in [0, 0.05) is 12.4 Å². The molecule has 0 fully saturated rings.